The van der Waals surface area contributed by atoms with Gasteiger partial charge in [0.25, 0.3) is 0 Å². The molecular weight excluding hydrogens is 238 g/mol. The molecule has 1 N–H and O–H groups in total. The number of furan rings is 1. The molecule has 0 atom stereocenters. The predicted molar refractivity (Wildman–Crippen MR) is 77.1 cm³/mol. The number of ether oxygens (including phenoxy) is 1. The molecule has 0 saturated heterocycles. The van der Waals surface area contributed by atoms with Gasteiger partial charge in [0.15, 0.2) is 0 Å². The zero-order valence-electron chi connectivity index (χ0n) is 12.3. The third-order valence-electron chi connectivity index (χ3n) is 3.61. The maximum Gasteiger partial charge on any atom is 0.118 e. The molecule has 1 fully saturated rings. The Morgan fingerprint density at radius 2 is 2.16 bits per heavy atom. The lowest BCUT2D eigenvalue weighted by Gasteiger charge is -2.02. The quantitative estimate of drug-likeness (QED) is 0.651. The molecule has 1 heterocycles. The summed E-state index contributed by atoms with van der Waals surface area (Å²) in [5.41, 5.74) is 1.20. The van der Waals surface area contributed by atoms with Crippen molar-refractivity contribution in [2.45, 2.75) is 71.6 Å². The summed E-state index contributed by atoms with van der Waals surface area (Å²) in [4.78, 5) is 0. The molecule has 108 valence electrons. The number of nitrogens with one attached hydrogen (secondary N) is 1. The van der Waals surface area contributed by atoms with Crippen LogP contribution in [0.3, 0.4) is 0 Å². The molecular formula is C16H27NO2. The van der Waals surface area contributed by atoms with Crippen LogP contribution in [0.2, 0.25) is 0 Å². The standard InChI is InChI=1S/C16H27NO2/c1-3-4-5-6-9-18-12-14-10-16(19-13(14)2)11-17-15-7-8-15/h10,15,17H,3-9,11-12H2,1-2H3. The molecule has 0 aromatic carbocycles. The highest BCUT2D eigenvalue weighted by Gasteiger charge is 2.20. The van der Waals surface area contributed by atoms with E-state index in [-0.39, 0.29) is 0 Å². The fraction of sp³-hybridized carbons (Fsp3) is 0.750. The zero-order valence-corrected chi connectivity index (χ0v) is 12.3. The third kappa shape index (κ3) is 5.37. The Kier molecular flexibility index (Phi) is 5.93. The largest absolute Gasteiger partial charge is 0.465 e. The highest BCUT2D eigenvalue weighted by atomic mass is 16.5. The minimum atomic E-state index is 0.685. The van der Waals surface area contributed by atoms with E-state index >= 15 is 0 Å². The Morgan fingerprint density at radius 1 is 1.32 bits per heavy atom. The van der Waals surface area contributed by atoms with Gasteiger partial charge in [0.2, 0.25) is 0 Å². The van der Waals surface area contributed by atoms with E-state index in [1.807, 2.05) is 6.92 Å². The molecule has 0 radical (unpaired) electrons. The first-order chi connectivity index (χ1) is 9.29. The fourth-order valence-electron chi connectivity index (χ4n) is 2.16. The smallest absolute Gasteiger partial charge is 0.118 e. The van der Waals surface area contributed by atoms with Crippen molar-refractivity contribution in [2.24, 2.45) is 0 Å². The molecule has 3 heteroatoms. The summed E-state index contributed by atoms with van der Waals surface area (Å²) in [6.45, 7) is 6.65. The van der Waals surface area contributed by atoms with Gasteiger partial charge in [0.05, 0.1) is 13.2 Å². The molecule has 0 aliphatic heterocycles. The van der Waals surface area contributed by atoms with Gasteiger partial charge in [-0.05, 0) is 32.3 Å². The second kappa shape index (κ2) is 7.71. The average molecular weight is 265 g/mol. The van der Waals surface area contributed by atoms with Gasteiger partial charge >= 0.3 is 0 Å². The lowest BCUT2D eigenvalue weighted by Crippen LogP contribution is -2.14. The van der Waals surface area contributed by atoms with Crippen LogP contribution in [-0.4, -0.2) is 12.6 Å². The van der Waals surface area contributed by atoms with Crippen LogP contribution in [0.1, 0.15) is 62.5 Å². The summed E-state index contributed by atoms with van der Waals surface area (Å²) in [7, 11) is 0. The molecule has 0 unspecified atom stereocenters. The Labute approximate surface area is 116 Å². The van der Waals surface area contributed by atoms with Crippen molar-refractivity contribution in [1.82, 2.24) is 5.32 Å². The molecule has 1 aromatic rings. The molecule has 19 heavy (non-hydrogen) atoms. The molecule has 3 nitrogen and oxygen atoms in total. The first kappa shape index (κ1) is 14.6. The summed E-state index contributed by atoms with van der Waals surface area (Å²) in [5, 5.41) is 3.47. The van der Waals surface area contributed by atoms with E-state index in [4.69, 9.17) is 9.15 Å². The summed E-state index contributed by atoms with van der Waals surface area (Å²) >= 11 is 0. The summed E-state index contributed by atoms with van der Waals surface area (Å²) < 4.78 is 11.5. The normalized spacial score (nSPS) is 15.1. The van der Waals surface area contributed by atoms with E-state index in [0.29, 0.717) is 6.61 Å². The molecule has 0 bridgehead atoms. The van der Waals surface area contributed by atoms with Crippen molar-refractivity contribution in [2.75, 3.05) is 6.61 Å². The number of hydrogen-bond acceptors (Lipinski definition) is 3. The zero-order chi connectivity index (χ0) is 13.5. The number of hydrogen-bond donors (Lipinski definition) is 1. The van der Waals surface area contributed by atoms with Crippen molar-refractivity contribution >= 4 is 0 Å². The lowest BCUT2D eigenvalue weighted by molar-refractivity contribution is 0.116. The molecule has 1 aliphatic carbocycles. The minimum Gasteiger partial charge on any atom is -0.465 e. The van der Waals surface area contributed by atoms with Gasteiger partial charge in [0, 0.05) is 18.2 Å². The second-order valence-electron chi connectivity index (χ2n) is 5.56. The lowest BCUT2D eigenvalue weighted by atomic mass is 10.2. The maximum atomic E-state index is 5.75. The van der Waals surface area contributed by atoms with Crippen molar-refractivity contribution in [1.29, 1.82) is 0 Å². The van der Waals surface area contributed by atoms with Gasteiger partial charge in [-0.3, -0.25) is 0 Å². The van der Waals surface area contributed by atoms with Crippen LogP contribution in [0.15, 0.2) is 10.5 Å². The topological polar surface area (TPSA) is 34.4 Å². The van der Waals surface area contributed by atoms with Crippen molar-refractivity contribution in [3.05, 3.63) is 23.2 Å². The van der Waals surface area contributed by atoms with Crippen molar-refractivity contribution < 1.29 is 9.15 Å². The minimum absolute atomic E-state index is 0.685. The Morgan fingerprint density at radius 3 is 2.89 bits per heavy atom. The van der Waals surface area contributed by atoms with Crippen LogP contribution in [-0.2, 0) is 17.9 Å². The predicted octanol–water partition coefficient (Wildman–Crippen LogP) is 3.94. The van der Waals surface area contributed by atoms with Crippen LogP contribution in [0.4, 0.5) is 0 Å². The van der Waals surface area contributed by atoms with Crippen LogP contribution >= 0.6 is 0 Å². The van der Waals surface area contributed by atoms with E-state index < -0.39 is 0 Å². The first-order valence-electron chi connectivity index (χ1n) is 7.69. The van der Waals surface area contributed by atoms with E-state index in [0.717, 1.165) is 30.7 Å². The summed E-state index contributed by atoms with van der Waals surface area (Å²) in [6, 6.07) is 2.86. The van der Waals surface area contributed by atoms with E-state index in [9.17, 15) is 0 Å². The maximum absolute atomic E-state index is 5.75. The van der Waals surface area contributed by atoms with Gasteiger partial charge < -0.3 is 14.5 Å². The number of unbranched alkanes of at least 4 members (excludes halogenated alkanes) is 3. The monoisotopic (exact) mass is 265 g/mol. The highest BCUT2D eigenvalue weighted by Crippen LogP contribution is 2.21. The molecule has 1 saturated carbocycles. The summed E-state index contributed by atoms with van der Waals surface area (Å²) in [5.74, 6) is 2.04. The summed E-state index contributed by atoms with van der Waals surface area (Å²) in [6.07, 6.45) is 7.66. The van der Waals surface area contributed by atoms with Crippen LogP contribution in [0.25, 0.3) is 0 Å². The highest BCUT2D eigenvalue weighted by molar-refractivity contribution is 5.20. The number of rotatable bonds is 10. The van der Waals surface area contributed by atoms with E-state index in [1.165, 1.54) is 44.1 Å². The average Bonchev–Trinajstić information content (AvgIpc) is 3.16. The fourth-order valence-corrected chi connectivity index (χ4v) is 2.16. The van der Waals surface area contributed by atoms with Crippen molar-refractivity contribution in [3.8, 4) is 0 Å². The van der Waals surface area contributed by atoms with Crippen LogP contribution < -0.4 is 5.32 Å². The Hall–Kier alpha value is -0.800. The van der Waals surface area contributed by atoms with Gasteiger partial charge in [-0.2, -0.15) is 0 Å². The second-order valence-corrected chi connectivity index (χ2v) is 5.56. The van der Waals surface area contributed by atoms with Gasteiger partial charge in [-0.15, -0.1) is 0 Å². The molecule has 0 amide bonds. The third-order valence-corrected chi connectivity index (χ3v) is 3.61. The molecule has 2 rings (SSSR count). The van der Waals surface area contributed by atoms with Gasteiger partial charge in [-0.1, -0.05) is 26.2 Å². The first-order valence-corrected chi connectivity index (χ1v) is 7.69. The molecule has 0 spiro atoms. The SMILES string of the molecule is CCCCCCOCc1cc(CNC2CC2)oc1C. The Bertz CT molecular complexity index is 369. The molecule has 1 aromatic heterocycles. The van der Waals surface area contributed by atoms with E-state index in [1.54, 1.807) is 0 Å². The van der Waals surface area contributed by atoms with Gasteiger partial charge in [-0.25, -0.2) is 0 Å². The van der Waals surface area contributed by atoms with E-state index in [2.05, 4.69) is 18.3 Å². The van der Waals surface area contributed by atoms with Crippen LogP contribution in [0.5, 0.6) is 0 Å². The number of aryl methyl sites for hydroxylation is 1. The Balaban J connectivity index is 1.64. The van der Waals surface area contributed by atoms with Crippen molar-refractivity contribution in [3.63, 3.8) is 0 Å². The molecule has 1 aliphatic rings. The van der Waals surface area contributed by atoms with Crippen LogP contribution in [0, 0.1) is 6.92 Å². The van der Waals surface area contributed by atoms with Gasteiger partial charge in [0.1, 0.15) is 11.5 Å².